The van der Waals surface area contributed by atoms with E-state index in [2.05, 4.69) is 15.2 Å². The molecule has 0 amide bonds. The predicted octanol–water partition coefficient (Wildman–Crippen LogP) is 2.11. The van der Waals surface area contributed by atoms with E-state index in [-0.39, 0.29) is 17.0 Å². The Morgan fingerprint density at radius 3 is 2.72 bits per heavy atom. The first kappa shape index (κ1) is 18.7. The van der Waals surface area contributed by atoms with Crippen molar-refractivity contribution in [1.82, 2.24) is 24.2 Å². The van der Waals surface area contributed by atoms with Gasteiger partial charge in [0.1, 0.15) is 16.2 Å². The Morgan fingerprint density at radius 2 is 1.86 bits per heavy atom. The minimum absolute atomic E-state index is 0.181. The highest BCUT2D eigenvalue weighted by Crippen LogP contribution is 2.31. The quantitative estimate of drug-likeness (QED) is 0.653. The maximum atomic E-state index is 14.4. The fraction of sp³-hybridized carbons (Fsp3) is 0.400. The second-order valence-corrected chi connectivity index (χ2v) is 9.57. The molecule has 152 valence electrons. The van der Waals surface area contributed by atoms with E-state index < -0.39 is 15.8 Å². The van der Waals surface area contributed by atoms with Crippen LogP contribution in [0.1, 0.15) is 12.8 Å². The second kappa shape index (κ2) is 7.16. The molecule has 2 aliphatic heterocycles. The molecule has 1 aromatic heterocycles. The zero-order valence-electron chi connectivity index (χ0n) is 15.9. The van der Waals surface area contributed by atoms with Gasteiger partial charge in [0, 0.05) is 19.1 Å². The second-order valence-electron chi connectivity index (χ2n) is 7.71. The van der Waals surface area contributed by atoms with Gasteiger partial charge in [-0.3, -0.25) is 4.90 Å². The van der Waals surface area contributed by atoms with Gasteiger partial charge in [-0.1, -0.05) is 29.5 Å². The summed E-state index contributed by atoms with van der Waals surface area (Å²) in [6.45, 7) is 2.31. The van der Waals surface area contributed by atoms with Crippen molar-refractivity contribution in [3.8, 4) is 0 Å². The Hall–Kier alpha value is -2.36. The van der Waals surface area contributed by atoms with Gasteiger partial charge in [0.05, 0.1) is 18.1 Å². The molecule has 3 heterocycles. The van der Waals surface area contributed by atoms with Gasteiger partial charge in [0.25, 0.3) is 0 Å². The summed E-state index contributed by atoms with van der Waals surface area (Å²) in [6.07, 6.45) is 2.01. The van der Waals surface area contributed by atoms with Crippen molar-refractivity contribution in [2.24, 2.45) is 0 Å². The summed E-state index contributed by atoms with van der Waals surface area (Å²) in [6, 6.07) is 13.0. The number of hydrogen-bond donors (Lipinski definition) is 0. The largest absolute Gasteiger partial charge is 0.297 e. The van der Waals surface area contributed by atoms with Crippen LogP contribution in [0.15, 0.2) is 53.4 Å². The molecule has 0 saturated carbocycles. The van der Waals surface area contributed by atoms with Gasteiger partial charge in [-0.15, -0.1) is 5.10 Å². The van der Waals surface area contributed by atoms with Gasteiger partial charge in [-0.05, 0) is 43.7 Å². The van der Waals surface area contributed by atoms with Gasteiger partial charge < -0.3 is 0 Å². The third-order valence-electron chi connectivity index (χ3n) is 5.97. The summed E-state index contributed by atoms with van der Waals surface area (Å²) in [5, 5.41) is 8.42. The first-order valence-corrected chi connectivity index (χ1v) is 11.3. The summed E-state index contributed by atoms with van der Waals surface area (Å²) in [7, 11) is -3.97. The maximum Gasteiger partial charge on any atom is 0.246 e. The van der Waals surface area contributed by atoms with E-state index in [4.69, 9.17) is 0 Å². The Kier molecular flexibility index (Phi) is 4.60. The molecule has 9 heteroatoms. The number of aromatic nitrogens is 3. The van der Waals surface area contributed by atoms with Gasteiger partial charge in [-0.25, -0.2) is 17.5 Å². The average molecular weight is 415 g/mol. The third kappa shape index (κ3) is 3.23. The van der Waals surface area contributed by atoms with Crippen molar-refractivity contribution in [3.63, 3.8) is 0 Å². The molecule has 0 unspecified atom stereocenters. The van der Waals surface area contributed by atoms with Crippen LogP contribution in [0, 0.1) is 5.82 Å². The molecule has 7 nitrogen and oxygen atoms in total. The smallest absolute Gasteiger partial charge is 0.246 e. The fourth-order valence-electron chi connectivity index (χ4n) is 4.54. The lowest BCUT2D eigenvalue weighted by atomic mass is 10.1. The highest BCUT2D eigenvalue weighted by atomic mass is 32.2. The zero-order valence-corrected chi connectivity index (χ0v) is 16.7. The van der Waals surface area contributed by atoms with Gasteiger partial charge in [0.15, 0.2) is 0 Å². The van der Waals surface area contributed by atoms with E-state index >= 15 is 0 Å². The van der Waals surface area contributed by atoms with Gasteiger partial charge in [-0.2, -0.15) is 4.31 Å². The molecule has 2 aliphatic rings. The van der Waals surface area contributed by atoms with Crippen LogP contribution in [0.4, 0.5) is 4.39 Å². The van der Waals surface area contributed by atoms with Crippen LogP contribution >= 0.6 is 0 Å². The van der Waals surface area contributed by atoms with Gasteiger partial charge in [0.2, 0.25) is 10.0 Å². The van der Waals surface area contributed by atoms with E-state index in [1.54, 1.807) is 10.7 Å². The molecule has 0 aliphatic carbocycles. The van der Waals surface area contributed by atoms with E-state index in [0.29, 0.717) is 19.6 Å². The predicted molar refractivity (Wildman–Crippen MR) is 106 cm³/mol. The van der Waals surface area contributed by atoms with Crippen LogP contribution < -0.4 is 0 Å². The van der Waals surface area contributed by atoms with Gasteiger partial charge >= 0.3 is 0 Å². The first-order chi connectivity index (χ1) is 14.0. The molecule has 29 heavy (non-hydrogen) atoms. The van der Waals surface area contributed by atoms with E-state index in [0.717, 1.165) is 30.4 Å². The van der Waals surface area contributed by atoms with Crippen molar-refractivity contribution < 1.29 is 12.8 Å². The van der Waals surface area contributed by atoms with Crippen LogP contribution in [0.3, 0.4) is 0 Å². The number of piperazine rings is 1. The Morgan fingerprint density at radius 1 is 1.07 bits per heavy atom. The van der Waals surface area contributed by atoms with Crippen molar-refractivity contribution in [2.75, 3.05) is 19.6 Å². The molecular formula is C20H22FN5O2S. The van der Waals surface area contributed by atoms with Crippen molar-refractivity contribution in [1.29, 1.82) is 0 Å². The SMILES string of the molecule is O=S(=O)(c1ccccc1F)N1C[C@@H]2CCCN2C[C@@H]1Cn1nnc2ccccc21. The molecule has 5 rings (SSSR count). The standard InChI is InChI=1S/C20H22FN5O2S/c21-17-7-1-4-10-20(17)29(27,28)26-14-15-6-5-11-24(15)12-16(26)13-25-19-9-3-2-8-18(19)22-23-25/h1-4,7-10,15-16H,5-6,11-14H2/t15-,16+/m0/s1. The summed E-state index contributed by atoms with van der Waals surface area (Å²) in [4.78, 5) is 2.08. The van der Waals surface area contributed by atoms with Crippen LogP contribution in [-0.4, -0.2) is 64.3 Å². The fourth-order valence-corrected chi connectivity index (χ4v) is 6.25. The van der Waals surface area contributed by atoms with Crippen molar-refractivity contribution >= 4 is 21.1 Å². The normalized spacial score (nSPS) is 23.5. The van der Waals surface area contributed by atoms with E-state index in [9.17, 15) is 12.8 Å². The monoisotopic (exact) mass is 415 g/mol. The van der Waals surface area contributed by atoms with Crippen LogP contribution in [0.5, 0.6) is 0 Å². The van der Waals surface area contributed by atoms with E-state index in [1.165, 1.54) is 22.5 Å². The number of rotatable bonds is 4. The summed E-state index contributed by atoms with van der Waals surface area (Å²) in [5.74, 6) is -0.716. The molecule has 2 fully saturated rings. The van der Waals surface area contributed by atoms with E-state index in [1.807, 2.05) is 24.3 Å². The van der Waals surface area contributed by atoms with Crippen LogP contribution in [0.25, 0.3) is 11.0 Å². The maximum absolute atomic E-state index is 14.4. The van der Waals surface area contributed by atoms with Crippen LogP contribution in [0.2, 0.25) is 0 Å². The summed E-state index contributed by atoms with van der Waals surface area (Å²) < 4.78 is 44.5. The van der Waals surface area contributed by atoms with Crippen molar-refractivity contribution in [2.45, 2.75) is 36.4 Å². The zero-order chi connectivity index (χ0) is 20.0. The summed E-state index contributed by atoms with van der Waals surface area (Å²) in [5.41, 5.74) is 1.63. The number of benzene rings is 2. The van der Waals surface area contributed by atoms with Crippen LogP contribution in [-0.2, 0) is 16.6 Å². The lowest BCUT2D eigenvalue weighted by Gasteiger charge is -2.42. The lowest BCUT2D eigenvalue weighted by molar-refractivity contribution is 0.0976. The highest BCUT2D eigenvalue weighted by Gasteiger charge is 2.43. The Bertz CT molecular complexity index is 1150. The lowest BCUT2D eigenvalue weighted by Crippen LogP contribution is -2.59. The average Bonchev–Trinajstić information content (AvgIpc) is 3.34. The summed E-state index contributed by atoms with van der Waals surface area (Å²) >= 11 is 0. The number of hydrogen-bond acceptors (Lipinski definition) is 5. The minimum atomic E-state index is -3.97. The number of para-hydroxylation sites is 1. The molecule has 3 aromatic rings. The number of fused-ring (bicyclic) bond motifs is 2. The number of nitrogens with zero attached hydrogens (tertiary/aromatic N) is 5. The molecule has 0 spiro atoms. The number of sulfonamides is 1. The highest BCUT2D eigenvalue weighted by molar-refractivity contribution is 7.89. The van der Waals surface area contributed by atoms with Crippen molar-refractivity contribution in [3.05, 3.63) is 54.3 Å². The Labute approximate surface area is 168 Å². The minimum Gasteiger partial charge on any atom is -0.297 e. The molecule has 0 radical (unpaired) electrons. The topological polar surface area (TPSA) is 71.3 Å². The molecule has 2 atom stereocenters. The molecule has 2 aromatic carbocycles. The molecule has 2 saturated heterocycles. The first-order valence-electron chi connectivity index (χ1n) is 9.83. The third-order valence-corrected chi connectivity index (χ3v) is 7.92. The molecular weight excluding hydrogens is 393 g/mol. The Balaban J connectivity index is 1.53. The molecule has 0 bridgehead atoms. The number of halogens is 1. The molecule has 0 N–H and O–H groups in total.